The first-order valence-electron chi connectivity index (χ1n) is 17.8. The Morgan fingerprint density at radius 3 is 1.87 bits per heavy atom. The predicted molar refractivity (Wildman–Crippen MR) is 208 cm³/mol. The molecule has 0 N–H and O–H groups in total. The van der Waals surface area contributed by atoms with Crippen LogP contribution in [0.4, 0.5) is 0 Å². The van der Waals surface area contributed by atoms with Crippen LogP contribution in [0, 0.1) is 0 Å². The Bertz CT molecular complexity index is 2720. The van der Waals surface area contributed by atoms with Gasteiger partial charge in [-0.2, -0.15) is 0 Å². The van der Waals surface area contributed by atoms with Crippen molar-refractivity contribution >= 4 is 16.3 Å². The Labute approximate surface area is 301 Å². The highest BCUT2D eigenvalue weighted by Crippen LogP contribution is 2.72. The van der Waals surface area contributed by atoms with Gasteiger partial charge in [0.25, 0.3) is 0 Å². The van der Waals surface area contributed by atoms with Crippen LogP contribution in [-0.2, 0) is 5.41 Å². The predicted octanol–water partition coefficient (Wildman–Crippen LogP) is 10.9. The van der Waals surface area contributed by atoms with E-state index in [1.807, 2.05) is 18.2 Å². The van der Waals surface area contributed by atoms with Crippen molar-refractivity contribution < 1.29 is 4.74 Å². The first-order valence-corrected chi connectivity index (χ1v) is 17.8. The van der Waals surface area contributed by atoms with Crippen LogP contribution < -0.4 is 4.74 Å². The second kappa shape index (κ2) is 11.2. The monoisotopic (exact) mass is 665 g/mol. The Kier molecular flexibility index (Phi) is 6.26. The van der Waals surface area contributed by atoms with Crippen LogP contribution in [0.2, 0.25) is 0 Å². The summed E-state index contributed by atoms with van der Waals surface area (Å²) in [5.41, 5.74) is 11.0. The molecule has 244 valence electrons. The van der Waals surface area contributed by atoms with Gasteiger partial charge in [-0.3, -0.25) is 0 Å². The lowest BCUT2D eigenvalue weighted by Gasteiger charge is -2.24. The third kappa shape index (κ3) is 4.37. The molecule has 0 radical (unpaired) electrons. The average Bonchev–Trinajstić information content (AvgIpc) is 3.77. The lowest BCUT2D eigenvalue weighted by Crippen LogP contribution is -2.15. The van der Waals surface area contributed by atoms with Gasteiger partial charge in [-0.15, -0.1) is 0 Å². The van der Waals surface area contributed by atoms with E-state index >= 15 is 0 Å². The van der Waals surface area contributed by atoms with Crippen LogP contribution in [0.25, 0.3) is 61.4 Å². The topological polar surface area (TPSA) is 47.9 Å². The standard InChI is InChI=1S/C48H31N3O/c1-3-12-30(13-4-1)35-26-27-42-41(28-35)48-29-40(38-19-9-10-20-39(38)43(48)44(48)52-42)47-50-45(33-15-5-2-6-16-33)49-46(51-47)34-24-22-32(23-25-34)37-21-11-17-31-14-7-8-18-36(31)37/h1-29,43-44H. The van der Waals surface area contributed by atoms with Crippen LogP contribution >= 0.6 is 0 Å². The van der Waals surface area contributed by atoms with Crippen molar-refractivity contribution in [2.45, 2.75) is 17.4 Å². The number of hydrogen-bond acceptors (Lipinski definition) is 4. The van der Waals surface area contributed by atoms with E-state index < -0.39 is 0 Å². The van der Waals surface area contributed by atoms with Crippen molar-refractivity contribution in [1.82, 2.24) is 15.0 Å². The molecule has 3 aliphatic rings. The number of rotatable bonds is 5. The lowest BCUT2D eigenvalue weighted by atomic mass is 9.80. The highest BCUT2D eigenvalue weighted by atomic mass is 16.5. The maximum atomic E-state index is 6.71. The average molecular weight is 666 g/mol. The maximum absolute atomic E-state index is 6.71. The summed E-state index contributed by atoms with van der Waals surface area (Å²) in [7, 11) is 0. The molecule has 0 amide bonds. The summed E-state index contributed by atoms with van der Waals surface area (Å²) >= 11 is 0. The number of fused-ring (bicyclic) bond motifs is 5. The highest BCUT2D eigenvalue weighted by molar-refractivity contribution is 5.97. The summed E-state index contributed by atoms with van der Waals surface area (Å²) in [5, 5.41) is 2.46. The maximum Gasteiger partial charge on any atom is 0.164 e. The Balaban J connectivity index is 1.07. The Morgan fingerprint density at radius 2 is 1.06 bits per heavy atom. The second-order valence-corrected chi connectivity index (χ2v) is 13.9. The molecule has 3 atom stereocenters. The van der Waals surface area contributed by atoms with E-state index in [1.54, 1.807) is 0 Å². The van der Waals surface area contributed by atoms with Crippen molar-refractivity contribution in [3.63, 3.8) is 0 Å². The van der Waals surface area contributed by atoms with Gasteiger partial charge in [-0.25, -0.2) is 15.0 Å². The van der Waals surface area contributed by atoms with Gasteiger partial charge in [0.15, 0.2) is 17.5 Å². The Morgan fingerprint density at radius 1 is 0.462 bits per heavy atom. The molecule has 52 heavy (non-hydrogen) atoms. The molecule has 1 spiro atoms. The van der Waals surface area contributed by atoms with Crippen LogP contribution in [0.3, 0.4) is 0 Å². The minimum atomic E-state index is -0.288. The summed E-state index contributed by atoms with van der Waals surface area (Å²) in [5.74, 6) is 3.16. The van der Waals surface area contributed by atoms with Gasteiger partial charge in [0.2, 0.25) is 0 Å². The van der Waals surface area contributed by atoms with E-state index in [-0.39, 0.29) is 17.4 Å². The zero-order valence-corrected chi connectivity index (χ0v) is 28.1. The van der Waals surface area contributed by atoms with E-state index in [0.717, 1.165) is 33.6 Å². The van der Waals surface area contributed by atoms with Crippen molar-refractivity contribution in [3.05, 3.63) is 198 Å². The van der Waals surface area contributed by atoms with E-state index in [1.165, 1.54) is 38.6 Å². The molecular weight excluding hydrogens is 635 g/mol. The van der Waals surface area contributed by atoms with Crippen molar-refractivity contribution in [3.8, 4) is 50.8 Å². The summed E-state index contributed by atoms with van der Waals surface area (Å²) < 4.78 is 6.71. The normalized spacial score (nSPS) is 19.1. The van der Waals surface area contributed by atoms with Gasteiger partial charge in [0.05, 0.1) is 5.41 Å². The summed E-state index contributed by atoms with van der Waals surface area (Å²) in [4.78, 5) is 15.5. The van der Waals surface area contributed by atoms with Crippen LogP contribution in [0.5, 0.6) is 5.75 Å². The second-order valence-electron chi connectivity index (χ2n) is 13.9. The van der Waals surface area contributed by atoms with Crippen molar-refractivity contribution in [2.75, 3.05) is 0 Å². The number of benzene rings is 7. The zero-order chi connectivity index (χ0) is 34.2. The van der Waals surface area contributed by atoms with Crippen molar-refractivity contribution in [1.29, 1.82) is 0 Å². The molecule has 1 aliphatic heterocycles. The number of ether oxygens (including phenoxy) is 1. The molecule has 0 bridgehead atoms. The smallest absolute Gasteiger partial charge is 0.164 e. The fraction of sp³-hybridized carbons (Fsp3) is 0.0625. The molecule has 2 heterocycles. The summed E-state index contributed by atoms with van der Waals surface area (Å²) in [6, 6.07) is 59.7. The van der Waals surface area contributed by atoms with E-state index in [9.17, 15) is 0 Å². The fourth-order valence-electron chi connectivity index (χ4n) is 8.58. The number of hydrogen-bond donors (Lipinski definition) is 0. The molecule has 1 fully saturated rings. The summed E-state index contributed by atoms with van der Waals surface area (Å²) in [6.45, 7) is 0. The molecule has 8 aromatic rings. The zero-order valence-electron chi connectivity index (χ0n) is 28.1. The largest absolute Gasteiger partial charge is 0.488 e. The molecule has 1 aromatic heterocycles. The lowest BCUT2D eigenvalue weighted by molar-refractivity contribution is 0.306. The van der Waals surface area contributed by atoms with Gasteiger partial charge in [0.1, 0.15) is 11.9 Å². The number of nitrogens with zero attached hydrogens (tertiary/aromatic N) is 3. The first kappa shape index (κ1) is 29.1. The van der Waals surface area contributed by atoms with Gasteiger partial charge >= 0.3 is 0 Å². The molecular formula is C48H31N3O. The van der Waals surface area contributed by atoms with Crippen LogP contribution in [-0.4, -0.2) is 21.1 Å². The van der Waals surface area contributed by atoms with Gasteiger partial charge in [-0.1, -0.05) is 164 Å². The van der Waals surface area contributed by atoms with E-state index in [2.05, 4.69) is 158 Å². The van der Waals surface area contributed by atoms with Gasteiger partial charge in [0, 0.05) is 28.2 Å². The minimum absolute atomic E-state index is 0.0312. The third-order valence-electron chi connectivity index (χ3n) is 11.1. The molecule has 2 aliphatic carbocycles. The molecule has 4 heteroatoms. The van der Waals surface area contributed by atoms with E-state index in [4.69, 9.17) is 19.7 Å². The van der Waals surface area contributed by atoms with Crippen molar-refractivity contribution in [2.24, 2.45) is 0 Å². The quantitative estimate of drug-likeness (QED) is 0.184. The van der Waals surface area contributed by atoms with Gasteiger partial charge < -0.3 is 4.74 Å². The van der Waals surface area contributed by atoms with Crippen LogP contribution in [0.1, 0.15) is 28.4 Å². The Hall–Kier alpha value is -6.65. The van der Waals surface area contributed by atoms with Gasteiger partial charge in [-0.05, 0) is 56.3 Å². The fourth-order valence-corrected chi connectivity index (χ4v) is 8.58. The summed E-state index contributed by atoms with van der Waals surface area (Å²) in [6.07, 6.45) is 2.44. The molecule has 0 saturated heterocycles. The minimum Gasteiger partial charge on any atom is -0.488 e. The molecule has 1 saturated carbocycles. The van der Waals surface area contributed by atoms with Crippen LogP contribution in [0.15, 0.2) is 176 Å². The highest BCUT2D eigenvalue weighted by Gasteiger charge is 2.73. The molecule has 4 nitrogen and oxygen atoms in total. The third-order valence-corrected chi connectivity index (χ3v) is 11.1. The van der Waals surface area contributed by atoms with E-state index in [0.29, 0.717) is 17.5 Å². The molecule has 7 aromatic carbocycles. The number of aromatic nitrogens is 3. The first-order chi connectivity index (χ1) is 25.7. The molecule has 11 rings (SSSR count). The SMILES string of the molecule is C1=C(c2nc(-c3ccccc3)nc(-c3ccc(-c4cccc5ccccc45)cc3)n2)c2ccccc2C2C3Oc4ccc(-c5ccccc5)cc4C132. The molecule has 3 unspecified atom stereocenters.